The molecule has 0 heterocycles. The van der Waals surface area contributed by atoms with E-state index in [1.54, 1.807) is 19.2 Å². The number of hydrogen-bond donors (Lipinski definition) is 1. The lowest BCUT2D eigenvalue weighted by atomic mass is 9.98. The third kappa shape index (κ3) is 3.34. The van der Waals surface area contributed by atoms with Crippen molar-refractivity contribution in [2.45, 2.75) is 19.4 Å². The average molecular weight is 290 g/mol. The van der Waals surface area contributed by atoms with Crippen LogP contribution in [0.25, 0.3) is 0 Å². The van der Waals surface area contributed by atoms with E-state index in [9.17, 15) is 9.50 Å². The Labute approximate surface area is 124 Å². The largest absolute Gasteiger partial charge is 0.496 e. The number of aliphatic hydroxyl groups is 1. The van der Waals surface area contributed by atoms with Gasteiger partial charge in [-0.25, -0.2) is 4.39 Å². The van der Waals surface area contributed by atoms with Gasteiger partial charge in [0.2, 0.25) is 0 Å². The van der Waals surface area contributed by atoms with Crippen molar-refractivity contribution in [1.29, 1.82) is 0 Å². The molecule has 0 saturated carbocycles. The normalized spacial score (nSPS) is 12.0. The summed E-state index contributed by atoms with van der Waals surface area (Å²) in [7, 11) is 3.03. The Morgan fingerprint density at radius 3 is 2.48 bits per heavy atom. The zero-order chi connectivity index (χ0) is 15.4. The van der Waals surface area contributed by atoms with Gasteiger partial charge >= 0.3 is 0 Å². The van der Waals surface area contributed by atoms with E-state index < -0.39 is 11.9 Å². The second kappa shape index (κ2) is 6.59. The average Bonchev–Trinajstić information content (AvgIpc) is 2.47. The summed E-state index contributed by atoms with van der Waals surface area (Å²) in [6, 6.07) is 10.2. The van der Waals surface area contributed by atoms with Crippen molar-refractivity contribution in [3.05, 3.63) is 58.9 Å². The van der Waals surface area contributed by atoms with Gasteiger partial charge in [-0.05, 0) is 30.7 Å². The molecule has 21 heavy (non-hydrogen) atoms. The van der Waals surface area contributed by atoms with E-state index >= 15 is 0 Å². The highest BCUT2D eigenvalue weighted by Crippen LogP contribution is 2.32. The molecule has 0 aliphatic heterocycles. The van der Waals surface area contributed by atoms with Gasteiger partial charge in [0.15, 0.2) is 0 Å². The van der Waals surface area contributed by atoms with Crippen LogP contribution in [-0.4, -0.2) is 19.3 Å². The maximum atomic E-state index is 14.0. The molecule has 4 heteroatoms. The second-order valence-electron chi connectivity index (χ2n) is 4.89. The summed E-state index contributed by atoms with van der Waals surface area (Å²) in [6.45, 7) is 1.96. The molecule has 2 aromatic carbocycles. The van der Waals surface area contributed by atoms with Crippen LogP contribution in [0.2, 0.25) is 0 Å². The summed E-state index contributed by atoms with van der Waals surface area (Å²) < 4.78 is 24.4. The fourth-order valence-corrected chi connectivity index (χ4v) is 2.40. The van der Waals surface area contributed by atoms with Gasteiger partial charge in [-0.3, -0.25) is 0 Å². The molecule has 0 fully saturated rings. The van der Waals surface area contributed by atoms with Gasteiger partial charge in [0, 0.05) is 6.42 Å². The molecular formula is C17H19FO3. The van der Waals surface area contributed by atoms with Gasteiger partial charge < -0.3 is 14.6 Å². The van der Waals surface area contributed by atoms with Crippen molar-refractivity contribution in [1.82, 2.24) is 0 Å². The predicted octanol–water partition coefficient (Wildman–Crippen LogP) is 3.43. The van der Waals surface area contributed by atoms with Gasteiger partial charge in [0.05, 0.1) is 25.9 Å². The molecule has 0 aliphatic carbocycles. The van der Waals surface area contributed by atoms with Crippen LogP contribution in [0.3, 0.4) is 0 Å². The van der Waals surface area contributed by atoms with E-state index in [1.165, 1.54) is 13.2 Å². The van der Waals surface area contributed by atoms with Crippen molar-refractivity contribution in [3.8, 4) is 11.5 Å². The Morgan fingerprint density at radius 2 is 1.81 bits per heavy atom. The Morgan fingerprint density at radius 1 is 1.10 bits per heavy atom. The first kappa shape index (κ1) is 15.3. The highest BCUT2D eigenvalue weighted by atomic mass is 19.1. The molecule has 1 unspecified atom stereocenters. The minimum Gasteiger partial charge on any atom is -0.496 e. The smallest absolute Gasteiger partial charge is 0.132 e. The maximum Gasteiger partial charge on any atom is 0.132 e. The van der Waals surface area contributed by atoms with Crippen LogP contribution >= 0.6 is 0 Å². The molecule has 0 aromatic heterocycles. The molecule has 0 aliphatic rings. The van der Waals surface area contributed by atoms with Crippen molar-refractivity contribution in [2.24, 2.45) is 0 Å². The number of aryl methyl sites for hydroxylation is 1. The Kier molecular flexibility index (Phi) is 4.81. The maximum absolute atomic E-state index is 14.0. The first-order valence-electron chi connectivity index (χ1n) is 6.70. The molecule has 0 amide bonds. The molecular weight excluding hydrogens is 271 g/mol. The van der Waals surface area contributed by atoms with E-state index in [2.05, 4.69) is 0 Å². The minimum absolute atomic E-state index is 0.170. The van der Waals surface area contributed by atoms with Gasteiger partial charge in [-0.15, -0.1) is 0 Å². The topological polar surface area (TPSA) is 38.7 Å². The summed E-state index contributed by atoms with van der Waals surface area (Å²) in [5.74, 6) is 0.539. The van der Waals surface area contributed by atoms with E-state index in [-0.39, 0.29) is 12.0 Å². The molecule has 112 valence electrons. The van der Waals surface area contributed by atoms with Gasteiger partial charge in [0.25, 0.3) is 0 Å². The second-order valence-corrected chi connectivity index (χ2v) is 4.89. The van der Waals surface area contributed by atoms with Crippen molar-refractivity contribution in [2.75, 3.05) is 14.2 Å². The van der Waals surface area contributed by atoms with Gasteiger partial charge in [-0.2, -0.15) is 0 Å². The van der Waals surface area contributed by atoms with Gasteiger partial charge in [-0.1, -0.05) is 23.8 Å². The van der Waals surface area contributed by atoms with Crippen LogP contribution in [0.5, 0.6) is 11.5 Å². The SMILES string of the molecule is COc1ccc(C)cc1CC(O)c1c(F)cccc1OC. The summed E-state index contributed by atoms with van der Waals surface area (Å²) in [6.07, 6.45) is -0.751. The molecule has 0 bridgehead atoms. The first-order chi connectivity index (χ1) is 10.1. The Balaban J connectivity index is 2.34. The van der Waals surface area contributed by atoms with E-state index in [0.717, 1.165) is 11.1 Å². The zero-order valence-electron chi connectivity index (χ0n) is 12.4. The molecule has 0 spiro atoms. The number of ether oxygens (including phenoxy) is 2. The van der Waals surface area contributed by atoms with Crippen molar-refractivity contribution >= 4 is 0 Å². The van der Waals surface area contributed by atoms with E-state index in [1.807, 2.05) is 25.1 Å². The lowest BCUT2D eigenvalue weighted by molar-refractivity contribution is 0.167. The Hall–Kier alpha value is -2.07. The van der Waals surface area contributed by atoms with Crippen LogP contribution in [0.1, 0.15) is 22.8 Å². The highest BCUT2D eigenvalue weighted by Gasteiger charge is 2.20. The number of methoxy groups -OCH3 is 2. The lowest BCUT2D eigenvalue weighted by Crippen LogP contribution is -2.08. The van der Waals surface area contributed by atoms with E-state index in [0.29, 0.717) is 11.5 Å². The third-order valence-electron chi connectivity index (χ3n) is 3.42. The zero-order valence-corrected chi connectivity index (χ0v) is 12.4. The summed E-state index contributed by atoms with van der Waals surface area (Å²) in [5, 5.41) is 10.4. The predicted molar refractivity (Wildman–Crippen MR) is 79.3 cm³/mol. The molecule has 0 radical (unpaired) electrons. The van der Waals surface area contributed by atoms with Gasteiger partial charge in [0.1, 0.15) is 17.3 Å². The fourth-order valence-electron chi connectivity index (χ4n) is 2.40. The highest BCUT2D eigenvalue weighted by molar-refractivity contribution is 5.41. The van der Waals surface area contributed by atoms with Crippen molar-refractivity contribution < 1.29 is 19.0 Å². The van der Waals surface area contributed by atoms with Crippen LogP contribution in [0, 0.1) is 12.7 Å². The number of rotatable bonds is 5. The third-order valence-corrected chi connectivity index (χ3v) is 3.42. The van der Waals surface area contributed by atoms with Crippen LogP contribution in [0.15, 0.2) is 36.4 Å². The summed E-state index contributed by atoms with van der Waals surface area (Å²) >= 11 is 0. The fraction of sp³-hybridized carbons (Fsp3) is 0.294. The number of benzene rings is 2. The molecule has 2 aromatic rings. The monoisotopic (exact) mass is 290 g/mol. The molecule has 1 atom stereocenters. The summed E-state index contributed by atoms with van der Waals surface area (Å²) in [5.41, 5.74) is 2.05. The van der Waals surface area contributed by atoms with E-state index in [4.69, 9.17) is 9.47 Å². The Bertz CT molecular complexity index is 625. The molecule has 2 rings (SSSR count). The number of hydrogen-bond acceptors (Lipinski definition) is 3. The van der Waals surface area contributed by atoms with Crippen LogP contribution in [0.4, 0.5) is 4.39 Å². The first-order valence-corrected chi connectivity index (χ1v) is 6.70. The number of aliphatic hydroxyl groups excluding tert-OH is 1. The van der Waals surface area contributed by atoms with Crippen molar-refractivity contribution in [3.63, 3.8) is 0 Å². The van der Waals surface area contributed by atoms with Crippen LogP contribution in [-0.2, 0) is 6.42 Å². The van der Waals surface area contributed by atoms with Crippen LogP contribution < -0.4 is 9.47 Å². The molecule has 1 N–H and O–H groups in total. The quantitative estimate of drug-likeness (QED) is 0.917. The molecule has 3 nitrogen and oxygen atoms in total. The minimum atomic E-state index is -1.00. The summed E-state index contributed by atoms with van der Waals surface area (Å²) in [4.78, 5) is 0. The standard InChI is InChI=1S/C17H19FO3/c1-11-7-8-15(20-2)12(9-11)10-14(19)17-13(18)5-4-6-16(17)21-3/h4-9,14,19H,10H2,1-3H3. The lowest BCUT2D eigenvalue weighted by Gasteiger charge is -2.17. The molecule has 0 saturated heterocycles. The number of halogens is 1.